The van der Waals surface area contributed by atoms with E-state index in [0.29, 0.717) is 5.82 Å². The maximum absolute atomic E-state index is 5.36. The van der Waals surface area contributed by atoms with Crippen LogP contribution in [-0.4, -0.2) is 23.7 Å². The van der Waals surface area contributed by atoms with Crippen molar-refractivity contribution in [2.75, 3.05) is 0 Å². The summed E-state index contributed by atoms with van der Waals surface area (Å²) in [5.41, 5.74) is 15.0. The molecular weight excluding hydrogens is 767 g/mol. The molecule has 0 unspecified atom stereocenters. The minimum atomic E-state index is 0.687. The van der Waals surface area contributed by atoms with Gasteiger partial charge in [0.25, 0.3) is 0 Å². The lowest BCUT2D eigenvalue weighted by atomic mass is 10.0. The summed E-state index contributed by atoms with van der Waals surface area (Å²) in [6.07, 6.45) is 0. The lowest BCUT2D eigenvalue weighted by Gasteiger charge is -2.16. The number of aromatic nitrogens is 5. The molecule has 0 aliphatic rings. The molecule has 13 aromatic rings. The Bertz CT molecular complexity index is 3650. The van der Waals surface area contributed by atoms with E-state index in [2.05, 4.69) is 214 Å². The Kier molecular flexibility index (Phi) is 7.84. The van der Waals surface area contributed by atoms with Crippen molar-refractivity contribution in [2.45, 2.75) is 0 Å². The molecule has 9 aromatic carbocycles. The van der Waals surface area contributed by atoms with E-state index in [1.807, 2.05) is 24.3 Å². The van der Waals surface area contributed by atoms with Gasteiger partial charge in [-0.2, -0.15) is 0 Å². The Balaban J connectivity index is 1.18. The van der Waals surface area contributed by atoms with E-state index in [-0.39, 0.29) is 0 Å². The molecule has 294 valence electrons. The van der Waals surface area contributed by atoms with Crippen LogP contribution in [0.2, 0.25) is 0 Å². The van der Waals surface area contributed by atoms with Crippen molar-refractivity contribution in [3.8, 4) is 51.0 Å². The summed E-state index contributed by atoms with van der Waals surface area (Å²) in [5.74, 6) is 0.687. The van der Waals surface area contributed by atoms with Gasteiger partial charge in [-0.05, 0) is 72.8 Å². The van der Waals surface area contributed by atoms with Gasteiger partial charge in [0, 0.05) is 60.4 Å². The number of hydrogen-bond acceptors (Lipinski definition) is 2. The Morgan fingerprint density at radius 2 is 0.683 bits per heavy atom. The van der Waals surface area contributed by atoms with Crippen molar-refractivity contribution < 1.29 is 0 Å². The molecule has 0 fully saturated rings. The molecule has 0 amide bonds. The van der Waals surface area contributed by atoms with Crippen LogP contribution < -0.4 is 0 Å². The van der Waals surface area contributed by atoms with Crippen LogP contribution in [0.15, 0.2) is 224 Å². The molecule has 0 atom stereocenters. The summed E-state index contributed by atoms with van der Waals surface area (Å²) >= 11 is 0. The average Bonchev–Trinajstić information content (AvgIpc) is 3.98. The first-order chi connectivity index (χ1) is 31.3. The van der Waals surface area contributed by atoms with Crippen LogP contribution in [0.25, 0.3) is 116 Å². The zero-order chi connectivity index (χ0) is 41.4. The highest BCUT2D eigenvalue weighted by Gasteiger charge is 2.23. The van der Waals surface area contributed by atoms with Gasteiger partial charge < -0.3 is 13.7 Å². The van der Waals surface area contributed by atoms with Gasteiger partial charge >= 0.3 is 0 Å². The van der Waals surface area contributed by atoms with Gasteiger partial charge in [-0.1, -0.05) is 152 Å². The maximum Gasteiger partial charge on any atom is 0.160 e. The van der Waals surface area contributed by atoms with Gasteiger partial charge in [0.2, 0.25) is 0 Å². The van der Waals surface area contributed by atoms with Crippen molar-refractivity contribution in [1.82, 2.24) is 23.7 Å². The quantitative estimate of drug-likeness (QED) is 0.168. The van der Waals surface area contributed by atoms with Crippen LogP contribution in [0, 0.1) is 0 Å². The fourth-order valence-electron chi connectivity index (χ4n) is 9.85. The lowest BCUT2D eigenvalue weighted by Crippen LogP contribution is -2.01. The van der Waals surface area contributed by atoms with Crippen LogP contribution in [0.1, 0.15) is 0 Å². The SMILES string of the molecule is c1ccc(-c2cc(-c3ccccc3-n3c4cc5c(cc4c4cc6c7ccccc7n(-c7ccccc7)c6cc43)c3ccccc3n5-c3ccccc3)nc(-c3ccccc3)n2)cc1. The molecule has 0 saturated carbocycles. The van der Waals surface area contributed by atoms with Gasteiger partial charge in [0.05, 0.1) is 50.2 Å². The molecule has 4 heterocycles. The minimum Gasteiger partial charge on any atom is -0.309 e. The Morgan fingerprint density at radius 1 is 0.270 bits per heavy atom. The molecule has 5 nitrogen and oxygen atoms in total. The number of nitrogens with zero attached hydrogens (tertiary/aromatic N) is 5. The van der Waals surface area contributed by atoms with Gasteiger partial charge in [0.15, 0.2) is 5.82 Å². The predicted molar refractivity (Wildman–Crippen MR) is 261 cm³/mol. The highest BCUT2D eigenvalue weighted by molar-refractivity contribution is 6.23. The summed E-state index contributed by atoms with van der Waals surface area (Å²) in [7, 11) is 0. The highest BCUT2D eigenvalue weighted by atomic mass is 15.0. The first-order valence-corrected chi connectivity index (χ1v) is 21.4. The summed E-state index contributed by atoms with van der Waals surface area (Å²) in [6, 6.07) is 80.3. The average molecular weight is 804 g/mol. The van der Waals surface area contributed by atoms with E-state index < -0.39 is 0 Å². The second kappa shape index (κ2) is 14.0. The van der Waals surface area contributed by atoms with Crippen molar-refractivity contribution in [2.24, 2.45) is 0 Å². The molecule has 0 saturated heterocycles. The zero-order valence-electron chi connectivity index (χ0n) is 34.1. The fourth-order valence-corrected chi connectivity index (χ4v) is 9.85. The van der Waals surface area contributed by atoms with E-state index >= 15 is 0 Å². The molecular formula is C58H37N5. The summed E-state index contributed by atoms with van der Waals surface area (Å²) < 4.78 is 7.30. The number of rotatable bonds is 6. The second-order valence-electron chi connectivity index (χ2n) is 16.2. The number of benzene rings is 9. The summed E-state index contributed by atoms with van der Waals surface area (Å²) in [4.78, 5) is 10.5. The predicted octanol–water partition coefficient (Wildman–Crippen LogP) is 14.8. The molecule has 63 heavy (non-hydrogen) atoms. The minimum absolute atomic E-state index is 0.687. The summed E-state index contributed by atoms with van der Waals surface area (Å²) in [6.45, 7) is 0. The smallest absolute Gasteiger partial charge is 0.160 e. The second-order valence-corrected chi connectivity index (χ2v) is 16.2. The van der Waals surface area contributed by atoms with Crippen LogP contribution >= 0.6 is 0 Å². The van der Waals surface area contributed by atoms with E-state index in [4.69, 9.17) is 9.97 Å². The maximum atomic E-state index is 5.36. The van der Waals surface area contributed by atoms with Crippen LogP contribution in [0.3, 0.4) is 0 Å². The molecule has 0 aliphatic heterocycles. The van der Waals surface area contributed by atoms with Crippen LogP contribution in [0.5, 0.6) is 0 Å². The molecule has 5 heteroatoms. The number of hydrogen-bond donors (Lipinski definition) is 0. The zero-order valence-corrected chi connectivity index (χ0v) is 34.1. The van der Waals surface area contributed by atoms with Crippen molar-refractivity contribution in [3.63, 3.8) is 0 Å². The fraction of sp³-hybridized carbons (Fsp3) is 0. The van der Waals surface area contributed by atoms with Gasteiger partial charge in [-0.15, -0.1) is 0 Å². The topological polar surface area (TPSA) is 40.6 Å². The first kappa shape index (κ1) is 35.2. The number of fused-ring (bicyclic) bond motifs is 9. The molecule has 0 spiro atoms. The lowest BCUT2D eigenvalue weighted by molar-refractivity contribution is 1.14. The van der Waals surface area contributed by atoms with Crippen LogP contribution in [0.4, 0.5) is 0 Å². The monoisotopic (exact) mass is 803 g/mol. The Morgan fingerprint density at radius 3 is 1.24 bits per heavy atom. The van der Waals surface area contributed by atoms with Crippen LogP contribution in [-0.2, 0) is 0 Å². The molecule has 0 radical (unpaired) electrons. The standard InChI is InChI=1S/C58H37N5/c1-5-19-38(20-6-1)49-35-50(60-58(59-49)39-21-7-2-8-22-39)44-29-15-18-32-53(44)63-56-36-54-45(42-27-13-16-30-51(42)61(54)40-23-9-3-10-24-40)33-47(56)48-34-46-43-28-14-17-31-52(43)62(55(46)37-57(48)63)41-25-11-4-12-26-41/h1-37H. The molecule has 0 N–H and O–H groups in total. The third-order valence-corrected chi connectivity index (χ3v) is 12.6. The normalized spacial score (nSPS) is 11.8. The largest absolute Gasteiger partial charge is 0.309 e. The Hall–Kier alpha value is -8.54. The number of para-hydroxylation sites is 5. The molecule has 0 bridgehead atoms. The van der Waals surface area contributed by atoms with E-state index in [1.54, 1.807) is 0 Å². The van der Waals surface area contributed by atoms with Crippen molar-refractivity contribution >= 4 is 65.4 Å². The molecule has 4 aromatic heterocycles. The van der Waals surface area contributed by atoms with E-state index in [1.165, 1.54) is 43.4 Å². The van der Waals surface area contributed by atoms with E-state index in [9.17, 15) is 0 Å². The molecule has 13 rings (SSSR count). The Labute approximate surface area is 363 Å². The molecule has 0 aliphatic carbocycles. The van der Waals surface area contributed by atoms with Gasteiger partial charge in [-0.3, -0.25) is 0 Å². The van der Waals surface area contributed by atoms with Crippen molar-refractivity contribution in [1.29, 1.82) is 0 Å². The van der Waals surface area contributed by atoms with E-state index in [0.717, 1.165) is 67.2 Å². The van der Waals surface area contributed by atoms with Gasteiger partial charge in [-0.25, -0.2) is 9.97 Å². The van der Waals surface area contributed by atoms with Gasteiger partial charge in [0.1, 0.15) is 0 Å². The third-order valence-electron chi connectivity index (χ3n) is 12.6. The van der Waals surface area contributed by atoms with Crippen molar-refractivity contribution in [3.05, 3.63) is 224 Å². The third kappa shape index (κ3) is 5.50. The highest BCUT2D eigenvalue weighted by Crippen LogP contribution is 2.44. The summed E-state index contributed by atoms with van der Waals surface area (Å²) in [5, 5.41) is 7.28. The first-order valence-electron chi connectivity index (χ1n) is 21.4.